The summed E-state index contributed by atoms with van der Waals surface area (Å²) in [5, 5.41) is 0. The Labute approximate surface area is 83.3 Å². The van der Waals surface area contributed by atoms with Crippen LogP contribution in [0.15, 0.2) is 18.2 Å². The Hall–Kier alpha value is -0.960. The molecule has 3 heteroatoms. The van der Waals surface area contributed by atoms with Gasteiger partial charge < -0.3 is 5.73 Å². The lowest BCUT2D eigenvalue weighted by Crippen LogP contribution is -2.22. The molecule has 1 heterocycles. The molecule has 0 aliphatic heterocycles. The van der Waals surface area contributed by atoms with E-state index in [2.05, 4.69) is 4.98 Å². The Balaban J connectivity index is 2.37. The molecule has 1 fully saturated rings. The first-order valence-corrected chi connectivity index (χ1v) is 4.88. The van der Waals surface area contributed by atoms with Gasteiger partial charge in [0.15, 0.2) is 0 Å². The van der Waals surface area contributed by atoms with Crippen molar-refractivity contribution in [1.29, 1.82) is 0 Å². The summed E-state index contributed by atoms with van der Waals surface area (Å²) in [5.74, 6) is 0. The fraction of sp³-hybridized carbons (Fsp3) is 0.545. The van der Waals surface area contributed by atoms with Crippen LogP contribution in [0.5, 0.6) is 0 Å². The number of pyridine rings is 1. The molecule has 1 aromatic rings. The topological polar surface area (TPSA) is 38.9 Å². The average Bonchev–Trinajstić information content (AvgIpc) is 2.84. The van der Waals surface area contributed by atoms with Gasteiger partial charge in [0.1, 0.15) is 5.67 Å². The van der Waals surface area contributed by atoms with Crippen molar-refractivity contribution in [1.82, 2.24) is 4.98 Å². The third kappa shape index (κ3) is 1.64. The maximum absolute atomic E-state index is 13.6. The first-order chi connectivity index (χ1) is 6.42. The zero-order valence-corrected chi connectivity index (χ0v) is 8.55. The van der Waals surface area contributed by atoms with Crippen LogP contribution in [0, 0.1) is 0 Å². The molecule has 1 aliphatic carbocycles. The van der Waals surface area contributed by atoms with Gasteiger partial charge in [-0.15, -0.1) is 0 Å². The van der Waals surface area contributed by atoms with Gasteiger partial charge in [0.25, 0.3) is 0 Å². The van der Waals surface area contributed by atoms with Crippen LogP contribution >= 0.6 is 0 Å². The van der Waals surface area contributed by atoms with Crippen molar-refractivity contribution in [2.45, 2.75) is 37.9 Å². The van der Waals surface area contributed by atoms with E-state index in [0.717, 1.165) is 18.5 Å². The van der Waals surface area contributed by atoms with Gasteiger partial charge >= 0.3 is 0 Å². The molecule has 0 amide bonds. The van der Waals surface area contributed by atoms with Crippen LogP contribution in [-0.4, -0.2) is 4.98 Å². The lowest BCUT2D eigenvalue weighted by Gasteiger charge is -2.16. The van der Waals surface area contributed by atoms with Crippen LogP contribution in [0.4, 0.5) is 4.39 Å². The number of hydrogen-bond donors (Lipinski definition) is 1. The van der Waals surface area contributed by atoms with Crippen molar-refractivity contribution in [3.05, 3.63) is 29.6 Å². The standard InChI is InChI=1S/C11H15FN2/c1-10(2,12)8-4-3-5-9(14-8)11(13)6-7-11/h3-5H,6-7,13H2,1-2H3. The van der Waals surface area contributed by atoms with E-state index >= 15 is 0 Å². The summed E-state index contributed by atoms with van der Waals surface area (Å²) in [4.78, 5) is 4.28. The second-order valence-corrected chi connectivity index (χ2v) is 4.54. The van der Waals surface area contributed by atoms with Gasteiger partial charge in [-0.2, -0.15) is 0 Å². The van der Waals surface area contributed by atoms with E-state index in [1.807, 2.05) is 12.1 Å². The van der Waals surface area contributed by atoms with Gasteiger partial charge in [-0.25, -0.2) is 4.39 Å². The summed E-state index contributed by atoms with van der Waals surface area (Å²) in [6.45, 7) is 3.02. The SMILES string of the molecule is CC(C)(F)c1cccc(C2(N)CC2)n1. The van der Waals surface area contributed by atoms with E-state index in [0.29, 0.717) is 5.69 Å². The average molecular weight is 194 g/mol. The smallest absolute Gasteiger partial charge is 0.147 e. The van der Waals surface area contributed by atoms with E-state index in [-0.39, 0.29) is 5.54 Å². The minimum atomic E-state index is -1.39. The lowest BCUT2D eigenvalue weighted by molar-refractivity contribution is 0.213. The molecule has 14 heavy (non-hydrogen) atoms. The minimum Gasteiger partial charge on any atom is -0.320 e. The van der Waals surface area contributed by atoms with E-state index in [9.17, 15) is 4.39 Å². The zero-order valence-electron chi connectivity index (χ0n) is 8.55. The summed E-state index contributed by atoms with van der Waals surface area (Å²) in [7, 11) is 0. The molecular formula is C11H15FN2. The normalized spacial score (nSPS) is 19.4. The van der Waals surface area contributed by atoms with Gasteiger partial charge in [0, 0.05) is 0 Å². The second kappa shape index (κ2) is 2.76. The van der Waals surface area contributed by atoms with Crippen molar-refractivity contribution < 1.29 is 4.39 Å². The zero-order chi connectivity index (χ0) is 10.4. The maximum Gasteiger partial charge on any atom is 0.147 e. The largest absolute Gasteiger partial charge is 0.320 e. The van der Waals surface area contributed by atoms with Gasteiger partial charge in [-0.1, -0.05) is 6.07 Å². The molecule has 0 radical (unpaired) electrons. The minimum absolute atomic E-state index is 0.277. The number of hydrogen-bond acceptors (Lipinski definition) is 2. The van der Waals surface area contributed by atoms with E-state index in [4.69, 9.17) is 5.73 Å². The van der Waals surface area contributed by atoms with Crippen molar-refractivity contribution in [2.75, 3.05) is 0 Å². The summed E-state index contributed by atoms with van der Waals surface area (Å²) in [6.07, 6.45) is 1.91. The number of halogens is 1. The Morgan fingerprint density at radius 2 is 2.07 bits per heavy atom. The van der Waals surface area contributed by atoms with Gasteiger partial charge in [-0.05, 0) is 38.8 Å². The van der Waals surface area contributed by atoms with Crippen LogP contribution in [-0.2, 0) is 11.2 Å². The van der Waals surface area contributed by atoms with E-state index in [1.54, 1.807) is 6.07 Å². The van der Waals surface area contributed by atoms with Crippen LogP contribution < -0.4 is 5.73 Å². The Morgan fingerprint density at radius 1 is 1.43 bits per heavy atom. The molecular weight excluding hydrogens is 179 g/mol. The Morgan fingerprint density at radius 3 is 2.57 bits per heavy atom. The predicted molar refractivity (Wildman–Crippen MR) is 53.5 cm³/mol. The molecule has 2 N–H and O–H groups in total. The van der Waals surface area contributed by atoms with E-state index in [1.165, 1.54) is 13.8 Å². The molecule has 2 nitrogen and oxygen atoms in total. The highest BCUT2D eigenvalue weighted by molar-refractivity contribution is 5.25. The molecule has 0 atom stereocenters. The summed E-state index contributed by atoms with van der Waals surface area (Å²) < 4.78 is 13.6. The molecule has 0 bridgehead atoms. The summed E-state index contributed by atoms with van der Waals surface area (Å²) in [6, 6.07) is 5.41. The molecule has 1 aliphatic rings. The molecule has 1 aromatic heterocycles. The van der Waals surface area contributed by atoms with E-state index < -0.39 is 5.67 Å². The quantitative estimate of drug-likeness (QED) is 0.784. The molecule has 1 saturated carbocycles. The molecule has 0 saturated heterocycles. The van der Waals surface area contributed by atoms with Gasteiger partial charge in [0.2, 0.25) is 0 Å². The van der Waals surface area contributed by atoms with Crippen molar-refractivity contribution in [3.8, 4) is 0 Å². The monoisotopic (exact) mass is 194 g/mol. The van der Waals surface area contributed by atoms with Gasteiger partial charge in [-0.3, -0.25) is 4.98 Å². The molecule has 76 valence electrons. The molecule has 2 rings (SSSR count). The second-order valence-electron chi connectivity index (χ2n) is 4.54. The fourth-order valence-corrected chi connectivity index (χ4v) is 1.43. The number of nitrogens with zero attached hydrogens (tertiary/aromatic N) is 1. The van der Waals surface area contributed by atoms with Crippen molar-refractivity contribution in [2.24, 2.45) is 5.73 Å². The fourth-order valence-electron chi connectivity index (χ4n) is 1.43. The Kier molecular flexibility index (Phi) is 1.89. The molecule has 0 spiro atoms. The Bertz CT molecular complexity index is 330. The highest BCUT2D eigenvalue weighted by Gasteiger charge is 2.41. The number of aromatic nitrogens is 1. The van der Waals surface area contributed by atoms with Crippen LogP contribution in [0.25, 0.3) is 0 Å². The third-order valence-electron chi connectivity index (χ3n) is 2.66. The highest BCUT2D eigenvalue weighted by Crippen LogP contribution is 2.42. The summed E-state index contributed by atoms with van der Waals surface area (Å²) >= 11 is 0. The van der Waals surface area contributed by atoms with Crippen LogP contribution in [0.2, 0.25) is 0 Å². The van der Waals surface area contributed by atoms with Gasteiger partial charge in [0.05, 0.1) is 16.9 Å². The number of alkyl halides is 1. The van der Waals surface area contributed by atoms with Crippen molar-refractivity contribution >= 4 is 0 Å². The maximum atomic E-state index is 13.6. The predicted octanol–water partition coefficient (Wildman–Crippen LogP) is 2.23. The van der Waals surface area contributed by atoms with Crippen LogP contribution in [0.1, 0.15) is 38.1 Å². The first kappa shape index (κ1) is 9.59. The van der Waals surface area contributed by atoms with Crippen molar-refractivity contribution in [3.63, 3.8) is 0 Å². The first-order valence-electron chi connectivity index (χ1n) is 4.88. The molecule has 0 unspecified atom stereocenters. The molecule has 0 aromatic carbocycles. The number of nitrogens with two attached hydrogens (primary N) is 1. The summed E-state index contributed by atoms with van der Waals surface area (Å²) in [5.41, 5.74) is 5.62. The highest BCUT2D eigenvalue weighted by atomic mass is 19.1. The third-order valence-corrected chi connectivity index (χ3v) is 2.66. The van der Waals surface area contributed by atoms with Crippen LogP contribution in [0.3, 0.4) is 0 Å². The number of rotatable bonds is 2. The lowest BCUT2D eigenvalue weighted by atomic mass is 10.0.